The van der Waals surface area contributed by atoms with Gasteiger partial charge in [0.1, 0.15) is 5.02 Å². The second kappa shape index (κ2) is 5.46. The Morgan fingerprint density at radius 3 is 2.59 bits per heavy atom. The van der Waals surface area contributed by atoms with E-state index in [4.69, 9.17) is 23.1 Å². The van der Waals surface area contributed by atoms with E-state index in [-0.39, 0.29) is 33.0 Å². The zero-order chi connectivity index (χ0) is 13.2. The van der Waals surface area contributed by atoms with Gasteiger partial charge in [-0.3, -0.25) is 4.79 Å². The zero-order valence-electron chi connectivity index (χ0n) is 9.46. The van der Waals surface area contributed by atoms with Crippen LogP contribution >= 0.6 is 23.4 Å². The number of hydrogen-bond donors (Lipinski definition) is 2. The number of amides is 1. The Bertz CT molecular complexity index is 454. The van der Waals surface area contributed by atoms with Crippen molar-refractivity contribution >= 4 is 40.6 Å². The Balaban J connectivity index is 2.92. The molecule has 0 fully saturated rings. The second-order valence-electron chi connectivity index (χ2n) is 3.59. The summed E-state index contributed by atoms with van der Waals surface area (Å²) in [5.41, 5.74) is 11.4. The fourth-order valence-corrected chi connectivity index (χ4v) is 2.24. The van der Waals surface area contributed by atoms with E-state index in [1.165, 1.54) is 11.0 Å². The van der Waals surface area contributed by atoms with Crippen LogP contribution in [0.3, 0.4) is 0 Å². The summed E-state index contributed by atoms with van der Waals surface area (Å²) in [7, 11) is 3.25. The number of nitrogens with zero attached hydrogens (tertiary/aromatic N) is 1. The maximum Gasteiger partial charge on any atom is 0.232 e. The summed E-state index contributed by atoms with van der Waals surface area (Å²) in [5, 5.41) is -0.168. The fourth-order valence-electron chi connectivity index (χ4n) is 1.06. The minimum absolute atomic E-state index is 0.0879. The van der Waals surface area contributed by atoms with Crippen LogP contribution in [0.25, 0.3) is 0 Å². The first-order valence-electron chi connectivity index (χ1n) is 4.70. The minimum Gasteiger partial charge on any atom is -0.398 e. The van der Waals surface area contributed by atoms with Crippen molar-refractivity contribution in [2.45, 2.75) is 4.90 Å². The predicted molar refractivity (Wildman–Crippen MR) is 69.7 cm³/mol. The highest BCUT2D eigenvalue weighted by Crippen LogP contribution is 2.36. The molecule has 0 heterocycles. The molecule has 1 amide bonds. The summed E-state index contributed by atoms with van der Waals surface area (Å²) >= 11 is 6.67. The molecule has 94 valence electrons. The Labute approximate surface area is 108 Å². The first-order valence-corrected chi connectivity index (χ1v) is 6.06. The van der Waals surface area contributed by atoms with Gasteiger partial charge in [-0.05, 0) is 6.07 Å². The van der Waals surface area contributed by atoms with Crippen LogP contribution in [0.4, 0.5) is 15.8 Å². The van der Waals surface area contributed by atoms with Crippen molar-refractivity contribution in [3.63, 3.8) is 0 Å². The number of carbonyl (C=O) groups excluding carboxylic acids is 1. The lowest BCUT2D eigenvalue weighted by Gasteiger charge is -2.12. The third kappa shape index (κ3) is 3.17. The summed E-state index contributed by atoms with van der Waals surface area (Å²) in [6.07, 6.45) is 0. The smallest absolute Gasteiger partial charge is 0.232 e. The molecule has 1 aromatic carbocycles. The third-order valence-electron chi connectivity index (χ3n) is 2.06. The van der Waals surface area contributed by atoms with Gasteiger partial charge in [0.05, 0.1) is 22.0 Å². The molecule has 7 heteroatoms. The molecule has 0 bridgehead atoms. The van der Waals surface area contributed by atoms with Crippen molar-refractivity contribution in [2.75, 3.05) is 31.3 Å². The number of thioether (sulfide) groups is 1. The van der Waals surface area contributed by atoms with Gasteiger partial charge in [0.15, 0.2) is 5.82 Å². The van der Waals surface area contributed by atoms with Crippen LogP contribution in [0.15, 0.2) is 11.0 Å². The van der Waals surface area contributed by atoms with E-state index in [0.29, 0.717) is 0 Å². The highest BCUT2D eigenvalue weighted by atomic mass is 35.5. The largest absolute Gasteiger partial charge is 0.398 e. The van der Waals surface area contributed by atoms with Crippen molar-refractivity contribution in [3.8, 4) is 0 Å². The van der Waals surface area contributed by atoms with Gasteiger partial charge in [0.2, 0.25) is 5.91 Å². The van der Waals surface area contributed by atoms with Crippen molar-refractivity contribution in [1.29, 1.82) is 0 Å². The van der Waals surface area contributed by atoms with E-state index in [2.05, 4.69) is 0 Å². The standard InChI is InChI=1S/C10H13ClFN3OS/c1-15(2)7(16)4-17-10-6(14)3-5(13)8(11)9(10)12/h3H,4,13-14H2,1-2H3. The van der Waals surface area contributed by atoms with E-state index >= 15 is 0 Å². The molecule has 1 aromatic rings. The maximum absolute atomic E-state index is 13.7. The number of rotatable bonds is 3. The van der Waals surface area contributed by atoms with Crippen molar-refractivity contribution in [2.24, 2.45) is 0 Å². The number of hydrogen-bond acceptors (Lipinski definition) is 4. The SMILES string of the molecule is CN(C)C(=O)CSc1c(N)cc(N)c(Cl)c1F. The number of benzene rings is 1. The molecule has 0 atom stereocenters. The number of anilines is 2. The number of carbonyl (C=O) groups is 1. The molecule has 0 spiro atoms. The van der Waals surface area contributed by atoms with Gasteiger partial charge in [-0.15, -0.1) is 11.8 Å². The van der Waals surface area contributed by atoms with Crippen molar-refractivity contribution < 1.29 is 9.18 Å². The molecule has 0 saturated heterocycles. The van der Waals surface area contributed by atoms with E-state index < -0.39 is 5.82 Å². The summed E-state index contributed by atoms with van der Waals surface area (Å²) in [5.74, 6) is -0.726. The quantitative estimate of drug-likeness (QED) is 0.653. The van der Waals surface area contributed by atoms with Gasteiger partial charge >= 0.3 is 0 Å². The van der Waals surface area contributed by atoms with Gasteiger partial charge in [-0.2, -0.15) is 0 Å². The predicted octanol–water partition coefficient (Wildman–Crippen LogP) is 1.82. The highest BCUT2D eigenvalue weighted by molar-refractivity contribution is 8.00. The maximum atomic E-state index is 13.7. The fraction of sp³-hybridized carbons (Fsp3) is 0.300. The molecule has 0 radical (unpaired) electrons. The summed E-state index contributed by atoms with van der Waals surface area (Å²) in [4.78, 5) is 12.9. The molecule has 0 aliphatic carbocycles. The number of halogens is 2. The van der Waals surface area contributed by atoms with E-state index in [0.717, 1.165) is 11.8 Å². The molecular weight excluding hydrogens is 265 g/mol. The summed E-state index contributed by atoms with van der Waals surface area (Å²) < 4.78 is 13.7. The van der Waals surface area contributed by atoms with Gasteiger partial charge in [0, 0.05) is 14.1 Å². The van der Waals surface area contributed by atoms with Crippen LogP contribution in [0.5, 0.6) is 0 Å². The van der Waals surface area contributed by atoms with E-state index in [1.807, 2.05) is 0 Å². The Kier molecular flexibility index (Phi) is 4.47. The number of nitrogens with two attached hydrogens (primary N) is 2. The Morgan fingerprint density at radius 1 is 1.47 bits per heavy atom. The lowest BCUT2D eigenvalue weighted by Crippen LogP contribution is -2.23. The van der Waals surface area contributed by atoms with E-state index in [9.17, 15) is 9.18 Å². The topological polar surface area (TPSA) is 72.3 Å². The monoisotopic (exact) mass is 277 g/mol. The lowest BCUT2D eigenvalue weighted by molar-refractivity contribution is -0.125. The van der Waals surface area contributed by atoms with Crippen LogP contribution in [-0.4, -0.2) is 30.7 Å². The summed E-state index contributed by atoms with van der Waals surface area (Å²) in [6.45, 7) is 0. The molecule has 0 aliphatic heterocycles. The third-order valence-corrected chi connectivity index (χ3v) is 3.54. The Morgan fingerprint density at radius 2 is 2.06 bits per heavy atom. The van der Waals surface area contributed by atoms with Gasteiger partial charge in [0.25, 0.3) is 0 Å². The van der Waals surface area contributed by atoms with Crippen molar-refractivity contribution in [3.05, 3.63) is 16.9 Å². The first kappa shape index (κ1) is 13.9. The first-order chi connectivity index (χ1) is 7.84. The molecule has 0 aromatic heterocycles. The van der Waals surface area contributed by atoms with E-state index in [1.54, 1.807) is 14.1 Å². The minimum atomic E-state index is -0.680. The Hall–Kier alpha value is -1.14. The molecule has 4 nitrogen and oxygen atoms in total. The average molecular weight is 278 g/mol. The molecule has 0 saturated carbocycles. The molecule has 0 aliphatic rings. The summed E-state index contributed by atoms with van der Waals surface area (Å²) in [6, 6.07) is 1.38. The molecule has 17 heavy (non-hydrogen) atoms. The number of nitrogen functional groups attached to an aromatic ring is 2. The zero-order valence-corrected chi connectivity index (χ0v) is 11.0. The average Bonchev–Trinajstić information content (AvgIpc) is 2.25. The van der Waals surface area contributed by atoms with Crippen LogP contribution in [0, 0.1) is 5.82 Å². The molecule has 4 N–H and O–H groups in total. The second-order valence-corrected chi connectivity index (χ2v) is 4.95. The highest BCUT2D eigenvalue weighted by Gasteiger charge is 2.16. The normalized spacial score (nSPS) is 10.4. The lowest BCUT2D eigenvalue weighted by atomic mass is 10.3. The van der Waals surface area contributed by atoms with Gasteiger partial charge in [-0.1, -0.05) is 11.6 Å². The molecule has 1 rings (SSSR count). The van der Waals surface area contributed by atoms with Crippen LogP contribution in [-0.2, 0) is 4.79 Å². The van der Waals surface area contributed by atoms with Crippen molar-refractivity contribution in [1.82, 2.24) is 4.90 Å². The van der Waals surface area contributed by atoms with Crippen LogP contribution in [0.1, 0.15) is 0 Å². The molecule has 0 unspecified atom stereocenters. The van der Waals surface area contributed by atoms with Gasteiger partial charge in [-0.25, -0.2) is 4.39 Å². The van der Waals surface area contributed by atoms with Gasteiger partial charge < -0.3 is 16.4 Å². The van der Waals surface area contributed by atoms with Crippen LogP contribution < -0.4 is 11.5 Å². The molecular formula is C10H13ClFN3OS. The van der Waals surface area contributed by atoms with Crippen LogP contribution in [0.2, 0.25) is 5.02 Å².